The summed E-state index contributed by atoms with van der Waals surface area (Å²) in [6.07, 6.45) is 1.52. The van der Waals surface area contributed by atoms with Crippen molar-refractivity contribution in [3.05, 3.63) is 91.0 Å². The first-order valence-electron chi connectivity index (χ1n) is 8.18. The molecule has 3 aromatic rings. The molecule has 1 fully saturated rings. The van der Waals surface area contributed by atoms with Crippen LogP contribution in [0.1, 0.15) is 0 Å². The van der Waals surface area contributed by atoms with E-state index >= 15 is 0 Å². The first kappa shape index (κ1) is 14.6. The van der Waals surface area contributed by atoms with E-state index in [9.17, 15) is 0 Å². The third kappa shape index (κ3) is 2.83. The Morgan fingerprint density at radius 1 is 0.652 bits per heavy atom. The van der Waals surface area contributed by atoms with E-state index in [1.54, 1.807) is 0 Å². The number of hydrogen-bond acceptors (Lipinski definition) is 1. The summed E-state index contributed by atoms with van der Waals surface area (Å²) in [6.45, 7) is 0.904. The zero-order valence-electron chi connectivity index (χ0n) is 13.1. The van der Waals surface area contributed by atoms with E-state index in [0.29, 0.717) is 6.10 Å². The Labute approximate surface area is 138 Å². The average molecular weight is 320 g/mol. The van der Waals surface area contributed by atoms with Gasteiger partial charge < -0.3 is 0 Å². The van der Waals surface area contributed by atoms with Crippen LogP contribution in [0.3, 0.4) is 0 Å². The molecule has 1 atom stereocenters. The second-order valence-corrected chi connectivity index (χ2v) is 10.1. The van der Waals surface area contributed by atoms with Gasteiger partial charge in [0.25, 0.3) is 0 Å². The van der Waals surface area contributed by atoms with E-state index in [2.05, 4.69) is 91.0 Å². The molecule has 2 heteroatoms. The summed E-state index contributed by atoms with van der Waals surface area (Å²) in [4.78, 5) is 0. The summed E-state index contributed by atoms with van der Waals surface area (Å²) in [5, 5.41) is 4.40. The molecule has 1 unspecified atom stereocenters. The van der Waals surface area contributed by atoms with Gasteiger partial charge in [0.1, 0.15) is 0 Å². The van der Waals surface area contributed by atoms with Crippen molar-refractivity contribution in [3.63, 3.8) is 0 Å². The fourth-order valence-electron chi connectivity index (χ4n) is 3.55. The van der Waals surface area contributed by atoms with Crippen LogP contribution in [-0.4, -0.2) is 18.9 Å². The van der Waals surface area contributed by atoms with Gasteiger partial charge in [0.05, 0.1) is 0 Å². The van der Waals surface area contributed by atoms with Crippen molar-refractivity contribution in [1.29, 1.82) is 0 Å². The Kier molecular flexibility index (Phi) is 3.99. The quantitative estimate of drug-likeness (QED) is 0.520. The molecule has 0 spiro atoms. The van der Waals surface area contributed by atoms with Crippen LogP contribution in [0.5, 0.6) is 0 Å². The van der Waals surface area contributed by atoms with E-state index in [-0.39, 0.29) is 0 Å². The molecule has 1 heterocycles. The van der Waals surface area contributed by atoms with Crippen LogP contribution in [-0.2, 0) is 4.74 Å². The summed E-state index contributed by atoms with van der Waals surface area (Å²) in [5.41, 5.74) is 0. The van der Waals surface area contributed by atoms with Gasteiger partial charge in [-0.2, -0.15) is 0 Å². The van der Waals surface area contributed by atoms with Gasteiger partial charge in [0, 0.05) is 0 Å². The van der Waals surface area contributed by atoms with Gasteiger partial charge in [-0.05, 0) is 0 Å². The van der Waals surface area contributed by atoms with Crippen LogP contribution in [0.4, 0.5) is 0 Å². The molecule has 4 rings (SSSR count). The fourth-order valence-corrected chi connectivity index (χ4v) is 8.46. The Hall–Kier alpha value is -1.95. The molecular weight excluding hydrogens is 299 g/mol. The van der Waals surface area contributed by atoms with Crippen molar-refractivity contribution in [2.24, 2.45) is 0 Å². The van der Waals surface area contributed by atoms with Gasteiger partial charge in [-0.15, -0.1) is 0 Å². The number of hydrogen-bond donors (Lipinski definition) is 0. The van der Waals surface area contributed by atoms with Crippen LogP contribution in [0.25, 0.3) is 0 Å². The maximum atomic E-state index is 5.66. The molecule has 0 aliphatic carbocycles. The Bertz CT molecular complexity index is 655. The molecule has 1 aliphatic heterocycles. The van der Waals surface area contributed by atoms with Gasteiger partial charge >= 0.3 is 138 Å². The Balaban J connectivity index is 1.97. The van der Waals surface area contributed by atoms with Crippen LogP contribution >= 0.6 is 7.26 Å². The van der Waals surface area contributed by atoms with Crippen LogP contribution < -0.4 is 15.9 Å². The number of rotatable bonds is 5. The van der Waals surface area contributed by atoms with Crippen molar-refractivity contribution in [2.45, 2.75) is 6.10 Å². The van der Waals surface area contributed by atoms with E-state index in [1.807, 2.05) is 0 Å². The van der Waals surface area contributed by atoms with Gasteiger partial charge in [-0.1, -0.05) is 0 Å². The molecule has 1 aliphatic rings. The summed E-state index contributed by atoms with van der Waals surface area (Å²) in [7, 11) is -2.05. The molecule has 0 N–H and O–H groups in total. The first-order chi connectivity index (χ1) is 11.4. The minimum absolute atomic E-state index is 0.405. The molecule has 0 saturated carbocycles. The van der Waals surface area contributed by atoms with E-state index < -0.39 is 7.26 Å². The molecule has 0 aromatic heterocycles. The monoisotopic (exact) mass is 320 g/mol. The number of benzene rings is 3. The molecule has 0 bridgehead atoms. The topological polar surface area (TPSA) is 12.5 Å². The third-order valence-electron chi connectivity index (χ3n) is 4.74. The molecule has 23 heavy (non-hydrogen) atoms. The molecule has 0 radical (unpaired) electrons. The molecular formula is C21H21OP. The van der Waals surface area contributed by atoms with Crippen LogP contribution in [0, 0.1) is 0 Å². The maximum absolute atomic E-state index is 5.66. The standard InChI is InChI=1S/C21H21OP/c1-4-10-19(11-5-1)23(17-18-16-22-18,20-12-6-2-7-13-20)21-14-8-3-9-15-21/h1-15,18,23H,16-17H2. The van der Waals surface area contributed by atoms with Crippen molar-refractivity contribution < 1.29 is 4.74 Å². The van der Waals surface area contributed by atoms with Crippen molar-refractivity contribution >= 4 is 23.2 Å². The summed E-state index contributed by atoms with van der Waals surface area (Å²) < 4.78 is 5.66. The van der Waals surface area contributed by atoms with E-state index in [1.165, 1.54) is 15.9 Å². The van der Waals surface area contributed by atoms with Crippen molar-refractivity contribution in [2.75, 3.05) is 12.8 Å². The Morgan fingerprint density at radius 3 is 1.30 bits per heavy atom. The summed E-state index contributed by atoms with van der Waals surface area (Å²) in [6, 6.07) is 33.1. The van der Waals surface area contributed by atoms with Gasteiger partial charge in [-0.25, -0.2) is 0 Å². The SMILES string of the molecule is c1ccc([PH](CC2CO2)(c2ccccc2)c2ccccc2)cc1. The zero-order chi connectivity index (χ0) is 15.5. The van der Waals surface area contributed by atoms with Crippen molar-refractivity contribution in [3.8, 4) is 0 Å². The summed E-state index contributed by atoms with van der Waals surface area (Å²) >= 11 is 0. The molecule has 1 nitrogen and oxygen atoms in total. The van der Waals surface area contributed by atoms with Crippen LogP contribution in [0.15, 0.2) is 91.0 Å². The molecule has 116 valence electrons. The third-order valence-corrected chi connectivity index (χ3v) is 9.76. The van der Waals surface area contributed by atoms with E-state index in [4.69, 9.17) is 4.74 Å². The zero-order valence-corrected chi connectivity index (χ0v) is 14.1. The second-order valence-electron chi connectivity index (χ2n) is 6.16. The molecule has 3 aromatic carbocycles. The number of epoxide rings is 1. The number of ether oxygens (including phenoxy) is 1. The van der Waals surface area contributed by atoms with Gasteiger partial charge in [0.15, 0.2) is 0 Å². The molecule has 1 saturated heterocycles. The van der Waals surface area contributed by atoms with E-state index in [0.717, 1.165) is 12.8 Å². The first-order valence-corrected chi connectivity index (χ1v) is 10.4. The second kappa shape index (κ2) is 6.28. The van der Waals surface area contributed by atoms with Crippen LogP contribution in [0.2, 0.25) is 0 Å². The van der Waals surface area contributed by atoms with Gasteiger partial charge in [-0.3, -0.25) is 0 Å². The predicted molar refractivity (Wildman–Crippen MR) is 101 cm³/mol. The van der Waals surface area contributed by atoms with Crippen molar-refractivity contribution in [1.82, 2.24) is 0 Å². The minimum atomic E-state index is -2.05. The average Bonchev–Trinajstić information content (AvgIpc) is 3.46. The normalized spacial score (nSPS) is 17.7. The molecule has 0 amide bonds. The van der Waals surface area contributed by atoms with Gasteiger partial charge in [0.2, 0.25) is 0 Å². The fraction of sp³-hybridized carbons (Fsp3) is 0.143. The summed E-state index contributed by atoms with van der Waals surface area (Å²) in [5.74, 6) is 0. The Morgan fingerprint density at radius 2 is 1.00 bits per heavy atom. The predicted octanol–water partition coefficient (Wildman–Crippen LogP) is 3.11.